The van der Waals surface area contributed by atoms with E-state index >= 15 is 0 Å². The van der Waals surface area contributed by atoms with Gasteiger partial charge in [0.05, 0.1) is 11.7 Å². The van der Waals surface area contributed by atoms with Gasteiger partial charge >= 0.3 is 6.18 Å². The van der Waals surface area contributed by atoms with Gasteiger partial charge in [-0.2, -0.15) is 18.3 Å². The second-order valence-electron chi connectivity index (χ2n) is 9.88. The minimum absolute atomic E-state index is 0.185. The Bertz CT molecular complexity index is 1400. The highest BCUT2D eigenvalue weighted by molar-refractivity contribution is 5.77. The van der Waals surface area contributed by atoms with Crippen LogP contribution in [0.1, 0.15) is 67.4 Å². The number of aromatic nitrogens is 3. The molecule has 1 aliphatic carbocycles. The van der Waals surface area contributed by atoms with Gasteiger partial charge in [-0.1, -0.05) is 42.0 Å². The van der Waals surface area contributed by atoms with E-state index in [0.29, 0.717) is 36.2 Å². The Morgan fingerprint density at radius 3 is 2.56 bits per heavy atom. The number of halogens is 4. The molecule has 0 saturated carbocycles. The van der Waals surface area contributed by atoms with Crippen molar-refractivity contribution in [3.05, 3.63) is 94.4 Å². The van der Waals surface area contributed by atoms with Crippen molar-refractivity contribution in [2.75, 3.05) is 0 Å². The molecular formula is C30H32F4N4O. The first kappa shape index (κ1) is 28.3. The zero-order valence-electron chi connectivity index (χ0n) is 22.3. The minimum atomic E-state index is -4.58. The number of amides is 1. The number of carbonyl (C=O) groups is 1. The standard InChI is InChI=1S/C30H32F4N4O/c1-4-21(31)16-19(2)17-25(28-23(13-9-15-35-28)22-11-6-5-10-20(22)3)36-27(39)18-38-26-14-8-7-12-24(26)29(37-38)30(32,33)34/h4-6,9-11,13,15-16,25H,7-8,12,14,17-18H2,1-3H3,(H,36,39). The number of carbonyl (C=O) groups excluding carboxylic acids is 1. The molecule has 2 aromatic heterocycles. The number of nitrogens with one attached hydrogen (secondary N) is 1. The van der Waals surface area contributed by atoms with Crippen LogP contribution in [-0.4, -0.2) is 20.7 Å². The lowest BCUT2D eigenvalue weighted by Gasteiger charge is -2.23. The van der Waals surface area contributed by atoms with E-state index in [4.69, 9.17) is 0 Å². The SMILES string of the molecule is CC=C(F)C=C(C)CC(NC(=O)Cn1nc(C(F)(F)F)c2c1CCCC2)c1ncccc1-c1ccccc1C. The van der Waals surface area contributed by atoms with E-state index in [-0.39, 0.29) is 18.5 Å². The number of benzene rings is 1. The van der Waals surface area contributed by atoms with Crippen molar-refractivity contribution < 1.29 is 22.4 Å². The number of pyridine rings is 1. The van der Waals surface area contributed by atoms with Gasteiger partial charge in [0.25, 0.3) is 0 Å². The van der Waals surface area contributed by atoms with E-state index in [1.54, 1.807) is 26.1 Å². The first-order valence-corrected chi connectivity index (χ1v) is 13.0. The molecule has 0 fully saturated rings. The molecule has 39 heavy (non-hydrogen) atoms. The third kappa shape index (κ3) is 6.64. The van der Waals surface area contributed by atoms with E-state index < -0.39 is 29.6 Å². The van der Waals surface area contributed by atoms with Crippen molar-refractivity contribution >= 4 is 5.91 Å². The molecule has 1 aromatic carbocycles. The summed E-state index contributed by atoms with van der Waals surface area (Å²) in [7, 11) is 0. The summed E-state index contributed by atoms with van der Waals surface area (Å²) in [6.45, 7) is 4.98. The maximum absolute atomic E-state index is 14.0. The van der Waals surface area contributed by atoms with Crippen LogP contribution < -0.4 is 5.32 Å². The van der Waals surface area contributed by atoms with Crippen molar-refractivity contribution in [1.82, 2.24) is 20.1 Å². The van der Waals surface area contributed by atoms with Gasteiger partial charge in [0.1, 0.15) is 12.4 Å². The predicted octanol–water partition coefficient (Wildman–Crippen LogP) is 7.22. The van der Waals surface area contributed by atoms with Gasteiger partial charge < -0.3 is 5.32 Å². The van der Waals surface area contributed by atoms with Crippen LogP contribution in [0.4, 0.5) is 17.6 Å². The maximum atomic E-state index is 14.0. The molecular weight excluding hydrogens is 508 g/mol. The smallest absolute Gasteiger partial charge is 0.346 e. The van der Waals surface area contributed by atoms with E-state index in [1.807, 2.05) is 37.3 Å². The van der Waals surface area contributed by atoms with Crippen molar-refractivity contribution in [2.24, 2.45) is 0 Å². The second-order valence-corrected chi connectivity index (χ2v) is 9.88. The van der Waals surface area contributed by atoms with Crippen LogP contribution in [0.15, 0.2) is 66.1 Å². The number of aryl methyl sites for hydroxylation is 1. The number of hydrogen-bond donors (Lipinski definition) is 1. The number of alkyl halides is 3. The Labute approximate surface area is 225 Å². The largest absolute Gasteiger partial charge is 0.435 e. The molecule has 1 unspecified atom stereocenters. The maximum Gasteiger partial charge on any atom is 0.435 e. The highest BCUT2D eigenvalue weighted by atomic mass is 19.4. The fraction of sp³-hybridized carbons (Fsp3) is 0.367. The lowest BCUT2D eigenvalue weighted by molar-refractivity contribution is -0.142. The predicted molar refractivity (Wildman–Crippen MR) is 142 cm³/mol. The molecule has 0 radical (unpaired) electrons. The summed E-state index contributed by atoms with van der Waals surface area (Å²) in [5, 5.41) is 6.78. The van der Waals surface area contributed by atoms with Crippen molar-refractivity contribution in [2.45, 2.75) is 71.6 Å². The third-order valence-corrected chi connectivity index (χ3v) is 6.94. The Morgan fingerprint density at radius 2 is 1.85 bits per heavy atom. The molecule has 5 nitrogen and oxygen atoms in total. The summed E-state index contributed by atoms with van der Waals surface area (Å²) >= 11 is 0. The third-order valence-electron chi connectivity index (χ3n) is 6.94. The van der Waals surface area contributed by atoms with Crippen molar-refractivity contribution in [3.8, 4) is 11.1 Å². The van der Waals surface area contributed by atoms with E-state index in [9.17, 15) is 22.4 Å². The summed E-state index contributed by atoms with van der Waals surface area (Å²) in [5.41, 5.74) is 3.78. The lowest BCUT2D eigenvalue weighted by atomic mass is 9.93. The molecule has 1 N–H and O–H groups in total. The highest BCUT2D eigenvalue weighted by Crippen LogP contribution is 2.36. The average molecular weight is 541 g/mol. The van der Waals surface area contributed by atoms with Crippen LogP contribution in [0.25, 0.3) is 11.1 Å². The molecule has 0 bridgehead atoms. The van der Waals surface area contributed by atoms with Gasteiger partial charge in [-0.05, 0) is 76.1 Å². The summed E-state index contributed by atoms with van der Waals surface area (Å²) < 4.78 is 56.1. The first-order chi connectivity index (χ1) is 18.6. The molecule has 2 heterocycles. The van der Waals surface area contributed by atoms with Crippen LogP contribution in [0, 0.1) is 6.92 Å². The molecule has 4 rings (SSSR count). The van der Waals surface area contributed by atoms with Gasteiger partial charge in [0.2, 0.25) is 5.91 Å². The van der Waals surface area contributed by atoms with Gasteiger partial charge in [-0.3, -0.25) is 14.5 Å². The monoisotopic (exact) mass is 540 g/mol. The normalized spacial score (nSPS) is 15.2. The van der Waals surface area contributed by atoms with E-state index in [2.05, 4.69) is 15.4 Å². The molecule has 9 heteroatoms. The fourth-order valence-electron chi connectivity index (χ4n) is 5.12. The van der Waals surface area contributed by atoms with Crippen molar-refractivity contribution in [1.29, 1.82) is 0 Å². The number of fused-ring (bicyclic) bond motifs is 1. The van der Waals surface area contributed by atoms with Crippen LogP contribution in [0.5, 0.6) is 0 Å². The minimum Gasteiger partial charge on any atom is -0.346 e. The summed E-state index contributed by atoms with van der Waals surface area (Å²) in [4.78, 5) is 17.9. The topological polar surface area (TPSA) is 59.8 Å². The molecule has 3 aromatic rings. The van der Waals surface area contributed by atoms with Crippen LogP contribution >= 0.6 is 0 Å². The quantitative estimate of drug-likeness (QED) is 0.242. The number of nitrogens with zero attached hydrogens (tertiary/aromatic N) is 3. The van der Waals surface area contributed by atoms with Crippen LogP contribution in [-0.2, 0) is 30.4 Å². The molecule has 1 amide bonds. The molecule has 0 spiro atoms. The zero-order chi connectivity index (χ0) is 28.2. The van der Waals surface area contributed by atoms with Gasteiger partial charge in [-0.15, -0.1) is 0 Å². The average Bonchev–Trinajstić information content (AvgIpc) is 3.27. The Balaban J connectivity index is 1.69. The number of hydrogen-bond acceptors (Lipinski definition) is 3. The molecule has 0 aliphatic heterocycles. The molecule has 0 saturated heterocycles. The Kier molecular flexibility index (Phi) is 8.67. The van der Waals surface area contributed by atoms with Gasteiger partial charge in [0, 0.05) is 23.0 Å². The summed E-state index contributed by atoms with van der Waals surface area (Å²) in [5.74, 6) is -0.897. The molecule has 1 atom stereocenters. The van der Waals surface area contributed by atoms with Crippen LogP contribution in [0.3, 0.4) is 0 Å². The Hall–Kier alpha value is -3.75. The van der Waals surface area contributed by atoms with E-state index in [0.717, 1.165) is 23.1 Å². The summed E-state index contributed by atoms with van der Waals surface area (Å²) in [6.07, 6.45) is 2.18. The van der Waals surface area contributed by atoms with Gasteiger partial charge in [-0.25, -0.2) is 4.39 Å². The second kappa shape index (κ2) is 12.0. The van der Waals surface area contributed by atoms with Gasteiger partial charge in [0.15, 0.2) is 5.69 Å². The lowest BCUT2D eigenvalue weighted by Crippen LogP contribution is -2.33. The van der Waals surface area contributed by atoms with E-state index in [1.165, 1.54) is 16.8 Å². The molecule has 1 aliphatic rings. The zero-order valence-corrected chi connectivity index (χ0v) is 22.3. The van der Waals surface area contributed by atoms with Crippen LogP contribution in [0.2, 0.25) is 0 Å². The Morgan fingerprint density at radius 1 is 1.13 bits per heavy atom. The molecule has 206 valence electrons. The highest BCUT2D eigenvalue weighted by Gasteiger charge is 2.39. The summed E-state index contributed by atoms with van der Waals surface area (Å²) in [6, 6.07) is 10.9. The van der Waals surface area contributed by atoms with Crippen molar-refractivity contribution in [3.63, 3.8) is 0 Å². The first-order valence-electron chi connectivity index (χ1n) is 13.0. The number of rotatable bonds is 8. The fourth-order valence-corrected chi connectivity index (χ4v) is 5.12. The number of allylic oxidation sites excluding steroid dienone is 3.